The second-order valence-electron chi connectivity index (χ2n) is 4.59. The van der Waals surface area contributed by atoms with Crippen LogP contribution in [0.4, 0.5) is 5.13 Å². The number of carbonyl (C=O) groups excluding carboxylic acids is 1. The van der Waals surface area contributed by atoms with Gasteiger partial charge in [-0.05, 0) is 46.0 Å². The third-order valence-corrected chi connectivity index (χ3v) is 4.74. The highest BCUT2D eigenvalue weighted by Gasteiger charge is 2.13. The van der Waals surface area contributed by atoms with Crippen molar-refractivity contribution in [2.75, 3.05) is 18.9 Å². The van der Waals surface area contributed by atoms with Crippen LogP contribution >= 0.6 is 35.1 Å². The molecule has 21 heavy (non-hydrogen) atoms. The Hall–Kier alpha value is -0.950. The molecule has 0 saturated heterocycles. The van der Waals surface area contributed by atoms with E-state index in [0.29, 0.717) is 11.6 Å². The van der Waals surface area contributed by atoms with Gasteiger partial charge in [-0.25, -0.2) is 4.98 Å². The van der Waals surface area contributed by atoms with Crippen molar-refractivity contribution < 1.29 is 4.79 Å². The standard InChI is InChI=1S/C14H19N3OS2.ClH/c1-9-6-7-11(19-9)13-10(2)20-14(17-13)16-12(18)5-4-8-15-3;/h6-7,15H,4-5,8H2,1-3H3,(H,16,17,18);1H. The van der Waals surface area contributed by atoms with Crippen molar-refractivity contribution >= 4 is 46.1 Å². The van der Waals surface area contributed by atoms with Gasteiger partial charge in [0.15, 0.2) is 5.13 Å². The van der Waals surface area contributed by atoms with E-state index in [9.17, 15) is 4.79 Å². The summed E-state index contributed by atoms with van der Waals surface area (Å²) >= 11 is 3.26. The Kier molecular flexibility index (Phi) is 7.31. The van der Waals surface area contributed by atoms with E-state index in [-0.39, 0.29) is 18.3 Å². The van der Waals surface area contributed by atoms with Gasteiger partial charge in [0.1, 0.15) is 0 Å². The molecule has 0 unspecified atom stereocenters. The molecule has 0 atom stereocenters. The molecular formula is C14H20ClN3OS2. The van der Waals surface area contributed by atoms with Crippen LogP contribution in [-0.4, -0.2) is 24.5 Å². The summed E-state index contributed by atoms with van der Waals surface area (Å²) < 4.78 is 0. The first-order chi connectivity index (χ1) is 9.60. The first kappa shape index (κ1) is 18.1. The van der Waals surface area contributed by atoms with E-state index in [1.807, 2.05) is 14.0 Å². The number of halogens is 1. The Morgan fingerprint density at radius 1 is 1.29 bits per heavy atom. The number of hydrogen-bond donors (Lipinski definition) is 2. The summed E-state index contributed by atoms with van der Waals surface area (Å²) in [6.45, 7) is 4.98. The van der Waals surface area contributed by atoms with Crippen LogP contribution in [0.3, 0.4) is 0 Å². The smallest absolute Gasteiger partial charge is 0.226 e. The van der Waals surface area contributed by atoms with Crippen LogP contribution in [0.1, 0.15) is 22.6 Å². The number of carbonyl (C=O) groups is 1. The number of aryl methyl sites for hydroxylation is 2. The number of thiazole rings is 1. The number of rotatable bonds is 6. The molecule has 0 aliphatic carbocycles. The predicted molar refractivity (Wildman–Crippen MR) is 93.9 cm³/mol. The zero-order valence-electron chi connectivity index (χ0n) is 12.4. The van der Waals surface area contributed by atoms with Crippen LogP contribution in [0.2, 0.25) is 0 Å². The van der Waals surface area contributed by atoms with Gasteiger partial charge in [-0.3, -0.25) is 4.79 Å². The molecule has 0 bridgehead atoms. The third-order valence-electron chi connectivity index (χ3n) is 2.85. The fourth-order valence-electron chi connectivity index (χ4n) is 1.85. The molecule has 0 aliphatic rings. The molecule has 1 amide bonds. The first-order valence-electron chi connectivity index (χ1n) is 6.59. The second kappa shape index (κ2) is 8.48. The summed E-state index contributed by atoms with van der Waals surface area (Å²) in [4.78, 5) is 19.9. The van der Waals surface area contributed by atoms with Crippen molar-refractivity contribution in [3.8, 4) is 10.6 Å². The largest absolute Gasteiger partial charge is 0.320 e. The van der Waals surface area contributed by atoms with Crippen LogP contribution in [-0.2, 0) is 4.79 Å². The fraction of sp³-hybridized carbons (Fsp3) is 0.429. The van der Waals surface area contributed by atoms with Gasteiger partial charge in [-0.1, -0.05) is 0 Å². The Balaban J connectivity index is 0.00000220. The molecule has 7 heteroatoms. The van der Waals surface area contributed by atoms with E-state index in [2.05, 4.69) is 34.7 Å². The van der Waals surface area contributed by atoms with Crippen molar-refractivity contribution in [3.05, 3.63) is 21.9 Å². The highest BCUT2D eigenvalue weighted by Crippen LogP contribution is 2.34. The number of anilines is 1. The number of aromatic nitrogens is 1. The Morgan fingerprint density at radius 2 is 2.05 bits per heavy atom. The van der Waals surface area contributed by atoms with E-state index >= 15 is 0 Å². The molecule has 0 aliphatic heterocycles. The van der Waals surface area contributed by atoms with Gasteiger partial charge in [0.2, 0.25) is 5.91 Å². The number of amides is 1. The number of nitrogens with zero attached hydrogens (tertiary/aromatic N) is 1. The van der Waals surface area contributed by atoms with E-state index < -0.39 is 0 Å². The summed E-state index contributed by atoms with van der Waals surface area (Å²) in [6.07, 6.45) is 1.36. The van der Waals surface area contributed by atoms with Crippen molar-refractivity contribution in [1.29, 1.82) is 0 Å². The van der Waals surface area contributed by atoms with Gasteiger partial charge in [-0.2, -0.15) is 0 Å². The summed E-state index contributed by atoms with van der Waals surface area (Å²) in [6, 6.07) is 4.18. The number of nitrogens with one attached hydrogen (secondary N) is 2. The molecule has 4 nitrogen and oxygen atoms in total. The Bertz CT molecular complexity index is 595. The predicted octanol–water partition coefficient (Wildman–Crippen LogP) is 3.85. The highest BCUT2D eigenvalue weighted by atomic mass is 35.5. The molecule has 0 saturated carbocycles. The van der Waals surface area contributed by atoms with Crippen molar-refractivity contribution in [2.45, 2.75) is 26.7 Å². The van der Waals surface area contributed by atoms with E-state index in [1.165, 1.54) is 16.2 Å². The fourth-order valence-corrected chi connectivity index (χ4v) is 3.67. The molecule has 116 valence electrons. The van der Waals surface area contributed by atoms with E-state index in [4.69, 9.17) is 0 Å². The van der Waals surface area contributed by atoms with Gasteiger partial charge in [-0.15, -0.1) is 35.1 Å². The molecule has 0 radical (unpaired) electrons. The number of thiophene rings is 1. The minimum absolute atomic E-state index is 0. The summed E-state index contributed by atoms with van der Waals surface area (Å²) in [5.41, 5.74) is 0.985. The molecule has 0 aromatic carbocycles. The molecule has 0 fully saturated rings. The monoisotopic (exact) mass is 345 g/mol. The van der Waals surface area contributed by atoms with Crippen molar-refractivity contribution in [1.82, 2.24) is 10.3 Å². The molecule has 2 N–H and O–H groups in total. The molecule has 2 aromatic heterocycles. The Morgan fingerprint density at radius 3 is 2.67 bits per heavy atom. The van der Waals surface area contributed by atoms with E-state index in [0.717, 1.165) is 28.4 Å². The maximum absolute atomic E-state index is 11.8. The van der Waals surface area contributed by atoms with Gasteiger partial charge < -0.3 is 10.6 Å². The second-order valence-corrected chi connectivity index (χ2v) is 7.08. The lowest BCUT2D eigenvalue weighted by molar-refractivity contribution is -0.116. The third kappa shape index (κ3) is 5.07. The summed E-state index contributed by atoms with van der Waals surface area (Å²) in [7, 11) is 1.89. The topological polar surface area (TPSA) is 54.0 Å². The molecular weight excluding hydrogens is 326 g/mol. The van der Waals surface area contributed by atoms with Gasteiger partial charge in [0.25, 0.3) is 0 Å². The SMILES string of the molecule is CNCCCC(=O)Nc1nc(-c2ccc(C)s2)c(C)s1.Cl. The summed E-state index contributed by atoms with van der Waals surface area (Å²) in [5.74, 6) is 0.0305. The van der Waals surface area contributed by atoms with Crippen molar-refractivity contribution in [3.63, 3.8) is 0 Å². The van der Waals surface area contributed by atoms with Gasteiger partial charge >= 0.3 is 0 Å². The lowest BCUT2D eigenvalue weighted by atomic mass is 10.3. The average Bonchev–Trinajstić information content (AvgIpc) is 2.96. The van der Waals surface area contributed by atoms with E-state index in [1.54, 1.807) is 11.3 Å². The molecule has 0 spiro atoms. The maximum Gasteiger partial charge on any atom is 0.226 e. The Labute approximate surface area is 139 Å². The van der Waals surface area contributed by atoms with Crippen molar-refractivity contribution in [2.24, 2.45) is 0 Å². The van der Waals surface area contributed by atoms with Crippen LogP contribution in [0.5, 0.6) is 0 Å². The highest BCUT2D eigenvalue weighted by molar-refractivity contribution is 7.18. The molecule has 2 heterocycles. The zero-order chi connectivity index (χ0) is 14.5. The maximum atomic E-state index is 11.8. The average molecular weight is 346 g/mol. The molecule has 2 aromatic rings. The normalized spacial score (nSPS) is 10.2. The number of hydrogen-bond acceptors (Lipinski definition) is 5. The van der Waals surface area contributed by atoms with Crippen LogP contribution < -0.4 is 10.6 Å². The lowest BCUT2D eigenvalue weighted by Gasteiger charge is -2.00. The quantitative estimate of drug-likeness (QED) is 0.782. The first-order valence-corrected chi connectivity index (χ1v) is 8.22. The zero-order valence-corrected chi connectivity index (χ0v) is 14.8. The van der Waals surface area contributed by atoms with Gasteiger partial charge in [0.05, 0.1) is 10.6 Å². The van der Waals surface area contributed by atoms with Gasteiger partial charge in [0, 0.05) is 16.2 Å². The molecule has 2 rings (SSSR count). The minimum atomic E-state index is 0. The minimum Gasteiger partial charge on any atom is -0.320 e. The van der Waals surface area contributed by atoms with Crippen LogP contribution in [0.15, 0.2) is 12.1 Å². The summed E-state index contributed by atoms with van der Waals surface area (Å²) in [5, 5.41) is 6.61. The van der Waals surface area contributed by atoms with Crippen LogP contribution in [0.25, 0.3) is 10.6 Å². The van der Waals surface area contributed by atoms with Crippen LogP contribution in [0, 0.1) is 13.8 Å². The lowest BCUT2D eigenvalue weighted by Crippen LogP contribution is -2.15.